The van der Waals surface area contributed by atoms with Crippen LogP contribution in [0.3, 0.4) is 0 Å². The van der Waals surface area contributed by atoms with Crippen LogP contribution in [0.1, 0.15) is 5.56 Å². The van der Waals surface area contributed by atoms with Crippen LogP contribution in [-0.2, 0) is 23.1 Å². The summed E-state index contributed by atoms with van der Waals surface area (Å²) in [5.41, 5.74) is 3.00. The van der Waals surface area contributed by atoms with Gasteiger partial charge in [0.1, 0.15) is 5.82 Å². The van der Waals surface area contributed by atoms with Gasteiger partial charge in [-0.05, 0) is 36.2 Å². The molecule has 10 heteroatoms. The number of aromatic nitrogens is 3. The minimum atomic E-state index is -0.278. The molecule has 4 rings (SSSR count). The second-order valence-corrected chi connectivity index (χ2v) is 7.93. The molecule has 172 valence electrons. The Balaban J connectivity index is 1.57. The van der Waals surface area contributed by atoms with E-state index < -0.39 is 0 Å². The molecule has 0 spiro atoms. The Labute approximate surface area is 191 Å². The molecule has 2 amide bonds. The molecular formula is C23H26FN7O2. The summed E-state index contributed by atoms with van der Waals surface area (Å²) in [5.74, 6) is 0.144. The summed E-state index contributed by atoms with van der Waals surface area (Å²) >= 11 is 0. The first-order chi connectivity index (χ1) is 16.0. The van der Waals surface area contributed by atoms with Crippen LogP contribution in [0.4, 0.5) is 15.9 Å². The minimum absolute atomic E-state index is 0.101. The van der Waals surface area contributed by atoms with Gasteiger partial charge in [0.05, 0.1) is 30.2 Å². The van der Waals surface area contributed by atoms with Gasteiger partial charge < -0.3 is 20.9 Å². The highest BCUT2D eigenvalue weighted by Crippen LogP contribution is 2.28. The fraction of sp³-hybridized carbons (Fsp3) is 0.304. The van der Waals surface area contributed by atoms with E-state index >= 15 is 0 Å². The molecule has 3 N–H and O–H groups in total. The molecule has 9 nitrogen and oxygen atoms in total. The number of carbonyl (C=O) groups excluding carboxylic acids is 2. The van der Waals surface area contributed by atoms with Gasteiger partial charge in [-0.15, -0.1) is 0 Å². The minimum Gasteiger partial charge on any atom is -0.368 e. The molecule has 1 aromatic carbocycles. The van der Waals surface area contributed by atoms with Gasteiger partial charge in [-0.3, -0.25) is 14.3 Å². The number of halogens is 1. The van der Waals surface area contributed by atoms with E-state index in [0.29, 0.717) is 43.3 Å². The number of hydrogen-bond acceptors (Lipinski definition) is 6. The number of benzene rings is 1. The van der Waals surface area contributed by atoms with E-state index in [1.54, 1.807) is 16.9 Å². The number of hydrogen-bond donors (Lipinski definition) is 3. The van der Waals surface area contributed by atoms with Gasteiger partial charge in [0.25, 0.3) is 0 Å². The van der Waals surface area contributed by atoms with Crippen LogP contribution >= 0.6 is 0 Å². The van der Waals surface area contributed by atoms with E-state index in [-0.39, 0.29) is 24.3 Å². The number of carbonyl (C=O) groups is 2. The predicted molar refractivity (Wildman–Crippen MR) is 123 cm³/mol. The number of amides is 2. The van der Waals surface area contributed by atoms with E-state index in [4.69, 9.17) is 4.98 Å². The van der Waals surface area contributed by atoms with Crippen molar-refractivity contribution in [1.29, 1.82) is 0 Å². The van der Waals surface area contributed by atoms with Crippen LogP contribution in [0.2, 0.25) is 0 Å². The average molecular weight is 452 g/mol. The van der Waals surface area contributed by atoms with Crippen LogP contribution in [0.15, 0.2) is 48.8 Å². The zero-order valence-corrected chi connectivity index (χ0v) is 18.3. The number of piperazine rings is 1. The van der Waals surface area contributed by atoms with Crippen molar-refractivity contribution in [3.8, 4) is 11.3 Å². The zero-order chi connectivity index (χ0) is 23.2. The number of nitrogens with one attached hydrogen (secondary N) is 3. The Morgan fingerprint density at radius 1 is 1.33 bits per heavy atom. The third-order valence-corrected chi connectivity index (χ3v) is 5.36. The van der Waals surface area contributed by atoms with Gasteiger partial charge in [-0.1, -0.05) is 12.1 Å². The number of rotatable bonds is 9. The van der Waals surface area contributed by atoms with E-state index in [0.717, 1.165) is 17.5 Å². The van der Waals surface area contributed by atoms with Crippen molar-refractivity contribution in [2.24, 2.45) is 7.05 Å². The molecular weight excluding hydrogens is 425 g/mol. The quantitative estimate of drug-likeness (QED) is 0.424. The van der Waals surface area contributed by atoms with Crippen molar-refractivity contribution in [2.75, 3.05) is 36.4 Å². The van der Waals surface area contributed by atoms with E-state index in [2.05, 4.69) is 21.0 Å². The smallest absolute Gasteiger partial charge is 0.234 e. The maximum absolute atomic E-state index is 13.5. The standard InChI is InChI=1S/C23H26FN7O2/c1-30-13-17(10-27-30)20-5-6-21(31(15-32)14-19-11-25-12-22(33)28-19)23(29-20)26-8-7-16-3-2-4-18(24)9-16/h2-6,9-10,13,15,19,25H,7-8,11-12,14H2,1H3,(H,26,29)(H,28,33). The number of anilines is 2. The molecule has 1 atom stereocenters. The molecule has 0 aliphatic carbocycles. The van der Waals surface area contributed by atoms with Crippen molar-refractivity contribution in [3.63, 3.8) is 0 Å². The summed E-state index contributed by atoms with van der Waals surface area (Å²) in [4.78, 5) is 30.0. The summed E-state index contributed by atoms with van der Waals surface area (Å²) in [5, 5.41) is 13.4. The van der Waals surface area contributed by atoms with Gasteiger partial charge in [0.15, 0.2) is 5.82 Å². The lowest BCUT2D eigenvalue weighted by Gasteiger charge is -2.29. The molecule has 0 bridgehead atoms. The second-order valence-electron chi connectivity index (χ2n) is 7.93. The largest absolute Gasteiger partial charge is 0.368 e. The fourth-order valence-corrected chi connectivity index (χ4v) is 3.78. The molecule has 33 heavy (non-hydrogen) atoms. The van der Waals surface area contributed by atoms with Gasteiger partial charge in [0.2, 0.25) is 12.3 Å². The molecule has 1 saturated heterocycles. The van der Waals surface area contributed by atoms with Crippen molar-refractivity contribution < 1.29 is 14.0 Å². The zero-order valence-electron chi connectivity index (χ0n) is 18.3. The maximum atomic E-state index is 13.5. The van der Waals surface area contributed by atoms with Gasteiger partial charge >= 0.3 is 0 Å². The molecule has 0 radical (unpaired) electrons. The second kappa shape index (κ2) is 10.2. The summed E-state index contributed by atoms with van der Waals surface area (Å²) in [7, 11) is 1.83. The lowest BCUT2D eigenvalue weighted by Crippen LogP contribution is -2.56. The van der Waals surface area contributed by atoms with Crippen molar-refractivity contribution in [1.82, 2.24) is 25.4 Å². The van der Waals surface area contributed by atoms with Crippen LogP contribution in [-0.4, -0.2) is 59.3 Å². The van der Waals surface area contributed by atoms with Gasteiger partial charge in [0, 0.05) is 38.4 Å². The van der Waals surface area contributed by atoms with Crippen molar-refractivity contribution in [2.45, 2.75) is 12.5 Å². The fourth-order valence-electron chi connectivity index (χ4n) is 3.78. The third kappa shape index (κ3) is 5.72. The molecule has 3 heterocycles. The molecule has 2 aromatic heterocycles. The Kier molecular flexibility index (Phi) is 6.94. The van der Waals surface area contributed by atoms with E-state index in [9.17, 15) is 14.0 Å². The predicted octanol–water partition coefficient (Wildman–Crippen LogP) is 1.33. The van der Waals surface area contributed by atoms with Crippen LogP contribution in [0, 0.1) is 5.82 Å². The summed E-state index contributed by atoms with van der Waals surface area (Å²) in [6.45, 7) is 1.63. The van der Waals surface area contributed by atoms with Gasteiger partial charge in [-0.2, -0.15) is 5.10 Å². The highest BCUT2D eigenvalue weighted by molar-refractivity contribution is 5.84. The third-order valence-electron chi connectivity index (χ3n) is 5.36. The lowest BCUT2D eigenvalue weighted by molar-refractivity contribution is -0.122. The number of aryl methyl sites for hydroxylation is 1. The Morgan fingerprint density at radius 2 is 2.21 bits per heavy atom. The molecule has 1 fully saturated rings. The molecule has 1 unspecified atom stereocenters. The maximum Gasteiger partial charge on any atom is 0.234 e. The first-order valence-corrected chi connectivity index (χ1v) is 10.7. The Morgan fingerprint density at radius 3 is 2.94 bits per heavy atom. The first kappa shape index (κ1) is 22.4. The van der Waals surface area contributed by atoms with E-state index in [1.807, 2.05) is 31.4 Å². The molecule has 1 aliphatic rings. The Hall–Kier alpha value is -3.79. The average Bonchev–Trinajstić information content (AvgIpc) is 3.24. The molecule has 1 aliphatic heterocycles. The summed E-state index contributed by atoms with van der Waals surface area (Å²) in [6, 6.07) is 9.90. The molecule has 0 saturated carbocycles. The van der Waals surface area contributed by atoms with Crippen LogP contribution < -0.4 is 20.9 Å². The monoisotopic (exact) mass is 451 g/mol. The SMILES string of the molecule is Cn1cc(-c2ccc(N(C=O)CC3CNCC(=O)N3)c(NCCc3cccc(F)c3)n2)cn1. The van der Waals surface area contributed by atoms with Crippen molar-refractivity contribution in [3.05, 3.63) is 60.2 Å². The lowest BCUT2D eigenvalue weighted by atomic mass is 10.1. The summed E-state index contributed by atoms with van der Waals surface area (Å²) < 4.78 is 15.2. The highest BCUT2D eigenvalue weighted by Gasteiger charge is 2.22. The van der Waals surface area contributed by atoms with Crippen LogP contribution in [0.25, 0.3) is 11.3 Å². The topological polar surface area (TPSA) is 104 Å². The van der Waals surface area contributed by atoms with E-state index in [1.165, 1.54) is 17.0 Å². The number of nitrogens with zero attached hydrogens (tertiary/aromatic N) is 4. The molecule has 3 aromatic rings. The van der Waals surface area contributed by atoms with Crippen LogP contribution in [0.5, 0.6) is 0 Å². The normalized spacial score (nSPS) is 15.7. The Bertz CT molecular complexity index is 1130. The van der Waals surface area contributed by atoms with Crippen molar-refractivity contribution >= 4 is 23.8 Å². The number of pyridine rings is 1. The highest BCUT2D eigenvalue weighted by atomic mass is 19.1. The first-order valence-electron chi connectivity index (χ1n) is 10.7. The summed E-state index contributed by atoms with van der Waals surface area (Å²) in [6.07, 6.45) is 4.90. The van der Waals surface area contributed by atoms with Gasteiger partial charge in [-0.25, -0.2) is 9.37 Å².